The van der Waals surface area contributed by atoms with Gasteiger partial charge in [0.2, 0.25) is 0 Å². The van der Waals surface area contributed by atoms with Gasteiger partial charge in [-0.25, -0.2) is 0 Å². The van der Waals surface area contributed by atoms with Crippen LogP contribution in [-0.2, 0) is 98.1 Å². The minimum Gasteiger partial charge on any atom is -0.358 e. The largest absolute Gasteiger partial charge is 0.358 e. The normalized spacial score (nSPS) is 6.75. The van der Waals surface area contributed by atoms with E-state index in [1.807, 2.05) is 0 Å². The molecule has 0 aromatic heterocycles. The van der Waals surface area contributed by atoms with Crippen molar-refractivity contribution in [3.05, 3.63) is 28.2 Å². The fourth-order valence-corrected chi connectivity index (χ4v) is 0. The molecule has 0 heterocycles. The maximum Gasteiger partial charge on any atom is 0 e. The van der Waals surface area contributed by atoms with E-state index in [1.165, 1.54) is 0 Å². The van der Waals surface area contributed by atoms with Gasteiger partial charge in [0, 0.05) is 98.1 Å². The summed E-state index contributed by atoms with van der Waals surface area (Å²) in [7, 11) is 0. The summed E-state index contributed by atoms with van der Waals surface area (Å²) in [6.45, 7) is 23.2. The van der Waals surface area contributed by atoms with E-state index in [1.54, 1.807) is 0 Å². The number of hydrogen-bond acceptors (Lipinski definition) is 0. The van der Waals surface area contributed by atoms with Gasteiger partial charge in [-0.15, -0.1) is 0 Å². The monoisotopic (exact) mass is 453 g/mol. The second-order valence-electron chi connectivity index (χ2n) is 4.18. The van der Waals surface area contributed by atoms with Crippen molar-refractivity contribution in [3.8, 4) is 0 Å². The first-order chi connectivity index (χ1) is 5.20. The van der Waals surface area contributed by atoms with Gasteiger partial charge in [0.1, 0.15) is 0 Å². The molecule has 3 radical (unpaired) electrons. The van der Waals surface area contributed by atoms with Gasteiger partial charge >= 0.3 is 0 Å². The second-order valence-corrected chi connectivity index (χ2v) is 4.18. The van der Waals surface area contributed by atoms with Crippen molar-refractivity contribution < 1.29 is 98.1 Å². The Morgan fingerprint density at radius 3 is 0.500 bits per heavy atom. The number of rotatable bonds is 0. The summed E-state index contributed by atoms with van der Waals surface area (Å²) in [4.78, 5) is 0. The van der Waals surface area contributed by atoms with Gasteiger partial charge in [-0.3, -0.25) is 0 Å². The first-order valence-corrected chi connectivity index (χ1v) is 4.69. The molecule has 0 aromatic carbocycles. The molecule has 16 heavy (non-hydrogen) atoms. The third-order valence-electron chi connectivity index (χ3n) is 0. The number of hydrogen-bond donors (Lipinski definition) is 0. The van der Waals surface area contributed by atoms with Gasteiger partial charge in [0.15, 0.2) is 0 Å². The van der Waals surface area contributed by atoms with Crippen LogP contribution in [0.25, 0.3) is 0 Å². The Labute approximate surface area is 182 Å². The molecule has 95 valence electrons. The Balaban J connectivity index is -0.0000000135. The van der Waals surface area contributed by atoms with E-state index in [0.717, 1.165) is 0 Å². The van der Waals surface area contributed by atoms with Crippen LogP contribution in [0.2, 0.25) is 0 Å². The molecule has 0 saturated heterocycles. The first-order valence-electron chi connectivity index (χ1n) is 4.69. The molecule has 0 amide bonds. The zero-order chi connectivity index (χ0) is 10.7. The average Bonchev–Trinajstić information content (AvgIpc) is 1.54. The fourth-order valence-electron chi connectivity index (χ4n) is 0. The molecule has 0 atom stereocenters. The molecule has 0 unspecified atom stereocenters. The SMILES string of the molecule is [CH2-]C(C)C.[CH2-]C(C)C.[CH2-]C(C)C.[CH3-].[Y].[Y].[Y]. The topological polar surface area (TPSA) is 0 Å². The van der Waals surface area contributed by atoms with E-state index in [-0.39, 0.29) is 106 Å². The van der Waals surface area contributed by atoms with Gasteiger partial charge in [0.25, 0.3) is 0 Å². The predicted octanol–water partition coefficient (Wildman–Crippen LogP) is 4.87. The Bertz CT molecular complexity index is 39.7. The molecule has 0 aliphatic rings. The van der Waals surface area contributed by atoms with Crippen LogP contribution in [0.5, 0.6) is 0 Å². The van der Waals surface area contributed by atoms with Crippen LogP contribution < -0.4 is 0 Å². The molecule has 0 fully saturated rings. The zero-order valence-electron chi connectivity index (χ0n) is 12.6. The Morgan fingerprint density at radius 2 is 0.500 bits per heavy atom. The van der Waals surface area contributed by atoms with Crippen molar-refractivity contribution in [2.75, 3.05) is 0 Å². The summed E-state index contributed by atoms with van der Waals surface area (Å²) in [6.07, 6.45) is 0. The summed E-state index contributed by atoms with van der Waals surface area (Å²) in [5, 5.41) is 0. The molecular formula is C13H30Y3-4. The molecule has 0 aliphatic carbocycles. The molecule has 3 heteroatoms. The van der Waals surface area contributed by atoms with E-state index in [2.05, 4.69) is 62.3 Å². The molecule has 0 rings (SSSR count). The molecule has 0 nitrogen and oxygen atoms in total. The molecular weight excluding hydrogens is 423 g/mol. The van der Waals surface area contributed by atoms with Crippen LogP contribution in [-0.4, -0.2) is 0 Å². The summed E-state index contributed by atoms with van der Waals surface area (Å²) < 4.78 is 0. The van der Waals surface area contributed by atoms with Gasteiger partial charge < -0.3 is 28.2 Å². The molecule has 0 spiro atoms. The van der Waals surface area contributed by atoms with Crippen LogP contribution in [0.15, 0.2) is 0 Å². The van der Waals surface area contributed by atoms with Crippen molar-refractivity contribution in [1.82, 2.24) is 0 Å². The quantitative estimate of drug-likeness (QED) is 0.460. The average molecular weight is 453 g/mol. The maximum atomic E-state index is 3.64. The Kier molecular flexibility index (Phi) is 96.7. The predicted molar refractivity (Wildman–Crippen MR) is 67.0 cm³/mol. The molecule has 0 bridgehead atoms. The second kappa shape index (κ2) is 36.2. The van der Waals surface area contributed by atoms with Crippen LogP contribution in [0, 0.1) is 46.0 Å². The molecule has 0 aliphatic heterocycles. The standard InChI is InChI=1S/3C4H9.CH3.3Y/c3*1-4(2)3;;;;/h3*4H,1H2,2-3H3;1H3;;;/q4*-1;;;. The third kappa shape index (κ3) is 420. The van der Waals surface area contributed by atoms with Gasteiger partial charge in [-0.2, -0.15) is 17.8 Å². The van der Waals surface area contributed by atoms with E-state index in [4.69, 9.17) is 0 Å². The molecule has 0 N–H and O–H groups in total. The third-order valence-corrected chi connectivity index (χ3v) is 0. The smallest absolute Gasteiger partial charge is 0 e. The molecule has 0 aromatic rings. The van der Waals surface area contributed by atoms with Gasteiger partial charge in [-0.1, -0.05) is 41.5 Å². The van der Waals surface area contributed by atoms with Crippen molar-refractivity contribution >= 4 is 0 Å². The summed E-state index contributed by atoms with van der Waals surface area (Å²) in [6, 6.07) is 0. The fraction of sp³-hybridized carbons (Fsp3) is 0.692. The van der Waals surface area contributed by atoms with Crippen LogP contribution in [0.4, 0.5) is 0 Å². The maximum absolute atomic E-state index is 3.64. The van der Waals surface area contributed by atoms with E-state index >= 15 is 0 Å². The minimum absolute atomic E-state index is 0. The van der Waals surface area contributed by atoms with Crippen LogP contribution in [0.1, 0.15) is 41.5 Å². The van der Waals surface area contributed by atoms with E-state index in [0.29, 0.717) is 17.8 Å². The van der Waals surface area contributed by atoms with Crippen LogP contribution in [0.3, 0.4) is 0 Å². The van der Waals surface area contributed by atoms with Crippen molar-refractivity contribution in [2.24, 2.45) is 17.8 Å². The van der Waals surface area contributed by atoms with E-state index < -0.39 is 0 Å². The minimum atomic E-state index is 0. The van der Waals surface area contributed by atoms with E-state index in [9.17, 15) is 0 Å². The van der Waals surface area contributed by atoms with Crippen molar-refractivity contribution in [2.45, 2.75) is 41.5 Å². The molecule has 0 saturated carbocycles. The van der Waals surface area contributed by atoms with Gasteiger partial charge in [-0.05, 0) is 0 Å². The zero-order valence-corrected chi connectivity index (χ0v) is 21.1. The van der Waals surface area contributed by atoms with Crippen molar-refractivity contribution in [1.29, 1.82) is 0 Å². The summed E-state index contributed by atoms with van der Waals surface area (Å²) in [5.74, 6) is 1.75. The first kappa shape index (κ1) is 42.7. The van der Waals surface area contributed by atoms with Crippen LogP contribution >= 0.6 is 0 Å². The Hall–Kier alpha value is 3.31. The Morgan fingerprint density at radius 1 is 0.500 bits per heavy atom. The van der Waals surface area contributed by atoms with Gasteiger partial charge in [0.05, 0.1) is 0 Å². The summed E-state index contributed by atoms with van der Waals surface area (Å²) >= 11 is 0. The van der Waals surface area contributed by atoms with Crippen molar-refractivity contribution in [3.63, 3.8) is 0 Å². The summed E-state index contributed by atoms with van der Waals surface area (Å²) in [5.41, 5.74) is 0.